The molecule has 23 heavy (non-hydrogen) atoms. The van der Waals surface area contributed by atoms with Crippen LogP contribution in [-0.2, 0) is 4.79 Å². The van der Waals surface area contributed by atoms with Crippen LogP contribution >= 0.6 is 11.3 Å². The summed E-state index contributed by atoms with van der Waals surface area (Å²) in [7, 11) is 0. The molecule has 0 spiro atoms. The summed E-state index contributed by atoms with van der Waals surface area (Å²) in [6.45, 7) is 3.32. The number of aromatic nitrogens is 1. The highest BCUT2D eigenvalue weighted by Gasteiger charge is 2.22. The Kier molecular flexibility index (Phi) is 5.07. The van der Waals surface area contributed by atoms with Crippen molar-refractivity contribution in [3.63, 3.8) is 0 Å². The van der Waals surface area contributed by atoms with Crippen molar-refractivity contribution >= 4 is 22.4 Å². The number of amides is 1. The summed E-state index contributed by atoms with van der Waals surface area (Å²) < 4.78 is 18.3. The molecule has 2 heterocycles. The van der Waals surface area contributed by atoms with Gasteiger partial charge in [-0.3, -0.25) is 4.79 Å². The molecule has 0 radical (unpaired) electrons. The van der Waals surface area contributed by atoms with Crippen molar-refractivity contribution in [1.82, 2.24) is 9.88 Å². The maximum Gasteiger partial charge on any atom is 0.226 e. The number of ether oxygens (including phenoxy) is 1. The Labute approximate surface area is 138 Å². The molecule has 1 saturated heterocycles. The van der Waals surface area contributed by atoms with Crippen LogP contribution in [0.5, 0.6) is 5.75 Å². The Bertz CT molecular complexity index is 625. The maximum absolute atomic E-state index is 12.8. The summed E-state index contributed by atoms with van der Waals surface area (Å²) in [4.78, 5) is 20.5. The van der Waals surface area contributed by atoms with Crippen molar-refractivity contribution in [2.24, 2.45) is 0 Å². The third kappa shape index (κ3) is 4.19. The quantitative estimate of drug-likeness (QED) is 0.842. The lowest BCUT2D eigenvalue weighted by Crippen LogP contribution is -2.49. The van der Waals surface area contributed by atoms with Gasteiger partial charge in [-0.05, 0) is 24.3 Å². The molecule has 1 aliphatic rings. The molecule has 0 unspecified atom stereocenters. The van der Waals surface area contributed by atoms with Crippen molar-refractivity contribution in [3.05, 3.63) is 41.7 Å². The number of nitrogens with zero attached hydrogens (tertiary/aromatic N) is 3. The normalized spacial score (nSPS) is 14.8. The van der Waals surface area contributed by atoms with Crippen molar-refractivity contribution in [1.29, 1.82) is 0 Å². The molecule has 1 amide bonds. The molecule has 0 bridgehead atoms. The van der Waals surface area contributed by atoms with Crippen LogP contribution in [0.15, 0.2) is 35.8 Å². The van der Waals surface area contributed by atoms with Crippen molar-refractivity contribution < 1.29 is 13.9 Å². The molecule has 1 aliphatic heterocycles. The van der Waals surface area contributed by atoms with Gasteiger partial charge in [-0.15, -0.1) is 11.3 Å². The summed E-state index contributed by atoms with van der Waals surface area (Å²) in [5.41, 5.74) is 0. The average Bonchev–Trinajstić information content (AvgIpc) is 3.11. The number of carbonyl (C=O) groups excluding carboxylic acids is 1. The molecule has 0 aliphatic carbocycles. The number of hydrogen-bond acceptors (Lipinski definition) is 5. The van der Waals surface area contributed by atoms with E-state index in [1.165, 1.54) is 12.1 Å². The first-order chi connectivity index (χ1) is 11.2. The molecule has 122 valence electrons. The minimum absolute atomic E-state index is 0.0888. The van der Waals surface area contributed by atoms with E-state index in [4.69, 9.17) is 4.74 Å². The zero-order valence-electron chi connectivity index (χ0n) is 12.7. The maximum atomic E-state index is 12.8. The Balaban J connectivity index is 1.40. The van der Waals surface area contributed by atoms with Gasteiger partial charge >= 0.3 is 0 Å². The van der Waals surface area contributed by atoms with E-state index in [0.29, 0.717) is 31.9 Å². The van der Waals surface area contributed by atoms with Gasteiger partial charge < -0.3 is 14.5 Å². The smallest absolute Gasteiger partial charge is 0.226 e. The number of anilines is 1. The van der Waals surface area contributed by atoms with Gasteiger partial charge in [0.25, 0.3) is 0 Å². The lowest BCUT2D eigenvalue weighted by molar-refractivity contribution is -0.132. The number of carbonyl (C=O) groups is 1. The molecule has 1 fully saturated rings. The standard InChI is InChI=1S/C16H18FN3O2S/c17-13-1-3-14(4-2-13)22-11-5-15(21)19-7-9-20(10-8-19)16-18-6-12-23-16/h1-4,6,12H,5,7-11H2. The van der Waals surface area contributed by atoms with Gasteiger partial charge in [-0.2, -0.15) is 0 Å². The van der Waals surface area contributed by atoms with Gasteiger partial charge in [0.05, 0.1) is 13.0 Å². The van der Waals surface area contributed by atoms with Crippen LogP contribution in [0.4, 0.5) is 9.52 Å². The zero-order chi connectivity index (χ0) is 16.1. The largest absolute Gasteiger partial charge is 0.493 e. The number of piperazine rings is 1. The molecule has 0 saturated carbocycles. The molecule has 5 nitrogen and oxygen atoms in total. The van der Waals surface area contributed by atoms with E-state index in [0.717, 1.165) is 18.2 Å². The predicted octanol–water partition coefficient (Wildman–Crippen LogP) is 2.40. The van der Waals surface area contributed by atoms with Crippen LogP contribution in [0.3, 0.4) is 0 Å². The van der Waals surface area contributed by atoms with Crippen LogP contribution < -0.4 is 9.64 Å². The average molecular weight is 335 g/mol. The fourth-order valence-corrected chi connectivity index (χ4v) is 3.16. The van der Waals surface area contributed by atoms with Gasteiger partial charge in [0.1, 0.15) is 11.6 Å². The number of benzene rings is 1. The molecular weight excluding hydrogens is 317 g/mol. The lowest BCUT2D eigenvalue weighted by Gasteiger charge is -2.34. The molecule has 2 aromatic rings. The van der Waals surface area contributed by atoms with Crippen LogP contribution in [0, 0.1) is 5.82 Å². The predicted molar refractivity (Wildman–Crippen MR) is 87.4 cm³/mol. The fraction of sp³-hybridized carbons (Fsp3) is 0.375. The Morgan fingerprint density at radius 3 is 2.61 bits per heavy atom. The van der Waals surface area contributed by atoms with Crippen LogP contribution in [-0.4, -0.2) is 48.6 Å². The highest BCUT2D eigenvalue weighted by atomic mass is 32.1. The van der Waals surface area contributed by atoms with Gasteiger partial charge in [0.15, 0.2) is 5.13 Å². The van der Waals surface area contributed by atoms with Crippen LogP contribution in [0.1, 0.15) is 6.42 Å². The van der Waals surface area contributed by atoms with E-state index in [-0.39, 0.29) is 11.7 Å². The van der Waals surface area contributed by atoms with E-state index < -0.39 is 0 Å². The molecule has 1 aromatic heterocycles. The molecule has 7 heteroatoms. The number of rotatable bonds is 5. The molecular formula is C16H18FN3O2S. The van der Waals surface area contributed by atoms with E-state index >= 15 is 0 Å². The summed E-state index contributed by atoms with van der Waals surface area (Å²) in [5.74, 6) is 0.366. The minimum Gasteiger partial charge on any atom is -0.493 e. The van der Waals surface area contributed by atoms with Crippen molar-refractivity contribution in [2.75, 3.05) is 37.7 Å². The molecule has 0 N–H and O–H groups in total. The van der Waals surface area contributed by atoms with Crippen LogP contribution in [0.25, 0.3) is 0 Å². The minimum atomic E-state index is -0.300. The van der Waals surface area contributed by atoms with E-state index in [2.05, 4.69) is 9.88 Å². The SMILES string of the molecule is O=C(CCOc1ccc(F)cc1)N1CCN(c2nccs2)CC1. The summed E-state index contributed by atoms with van der Waals surface area (Å²) in [6.07, 6.45) is 2.12. The van der Waals surface area contributed by atoms with E-state index in [1.54, 1.807) is 29.7 Å². The third-order valence-electron chi connectivity index (χ3n) is 3.72. The second kappa shape index (κ2) is 7.41. The number of hydrogen-bond donors (Lipinski definition) is 0. The van der Waals surface area contributed by atoms with Gasteiger partial charge in [0.2, 0.25) is 5.91 Å². The molecule has 1 aromatic carbocycles. The van der Waals surface area contributed by atoms with Gasteiger partial charge in [-0.1, -0.05) is 0 Å². The summed E-state index contributed by atoms with van der Waals surface area (Å²) in [6, 6.07) is 5.81. The summed E-state index contributed by atoms with van der Waals surface area (Å²) >= 11 is 1.62. The summed E-state index contributed by atoms with van der Waals surface area (Å²) in [5, 5.41) is 2.97. The monoisotopic (exact) mass is 335 g/mol. The highest BCUT2D eigenvalue weighted by molar-refractivity contribution is 7.13. The fourth-order valence-electron chi connectivity index (χ4n) is 2.46. The van der Waals surface area contributed by atoms with Gasteiger partial charge in [-0.25, -0.2) is 9.37 Å². The van der Waals surface area contributed by atoms with Crippen molar-refractivity contribution in [2.45, 2.75) is 6.42 Å². The first-order valence-corrected chi connectivity index (χ1v) is 8.41. The topological polar surface area (TPSA) is 45.7 Å². The third-order valence-corrected chi connectivity index (χ3v) is 4.55. The lowest BCUT2D eigenvalue weighted by atomic mass is 10.3. The zero-order valence-corrected chi connectivity index (χ0v) is 13.5. The Morgan fingerprint density at radius 1 is 1.22 bits per heavy atom. The Hall–Kier alpha value is -2.15. The van der Waals surface area contributed by atoms with E-state index in [9.17, 15) is 9.18 Å². The highest BCUT2D eigenvalue weighted by Crippen LogP contribution is 2.19. The second-order valence-corrected chi connectivity index (χ2v) is 6.11. The first-order valence-electron chi connectivity index (χ1n) is 7.53. The second-order valence-electron chi connectivity index (χ2n) is 5.23. The van der Waals surface area contributed by atoms with Gasteiger partial charge in [0, 0.05) is 37.8 Å². The Morgan fingerprint density at radius 2 is 1.96 bits per heavy atom. The molecule has 0 atom stereocenters. The van der Waals surface area contributed by atoms with E-state index in [1.807, 2.05) is 10.3 Å². The first kappa shape index (κ1) is 15.7. The van der Waals surface area contributed by atoms with Crippen LogP contribution in [0.2, 0.25) is 0 Å². The van der Waals surface area contributed by atoms with Crippen molar-refractivity contribution in [3.8, 4) is 5.75 Å². The molecule has 3 rings (SSSR count). The number of thiazole rings is 1. The number of halogens is 1.